The van der Waals surface area contributed by atoms with Gasteiger partial charge in [0.15, 0.2) is 0 Å². The molecular formula is C36H59N3O3. The SMILES string of the molecule is C#C.C=C(C)C(/C(=C/COCC(CC)OCC)OC)C(C)C.CCCCCCC(C)C(N)=NCc1ccc(C#N)cc1. The van der Waals surface area contributed by atoms with Gasteiger partial charge in [0.05, 0.1) is 50.4 Å². The molecule has 0 amide bonds. The highest BCUT2D eigenvalue weighted by Crippen LogP contribution is 2.27. The summed E-state index contributed by atoms with van der Waals surface area (Å²) in [4.78, 5) is 4.46. The quantitative estimate of drug-likeness (QED) is 0.0442. The molecule has 0 aliphatic rings. The first-order valence-corrected chi connectivity index (χ1v) is 15.4. The van der Waals surface area contributed by atoms with Crippen LogP contribution >= 0.6 is 0 Å². The number of benzene rings is 1. The Balaban J connectivity index is 0. The van der Waals surface area contributed by atoms with Crippen LogP contribution in [0, 0.1) is 41.9 Å². The van der Waals surface area contributed by atoms with Crippen molar-refractivity contribution in [2.45, 2.75) is 99.6 Å². The van der Waals surface area contributed by atoms with Crippen LogP contribution in [0.5, 0.6) is 0 Å². The normalized spacial score (nSPS) is 13.5. The average Bonchev–Trinajstić information content (AvgIpc) is 2.99. The van der Waals surface area contributed by atoms with Crippen molar-refractivity contribution in [2.24, 2.45) is 28.5 Å². The van der Waals surface area contributed by atoms with Crippen LogP contribution in [0.2, 0.25) is 0 Å². The molecule has 0 fully saturated rings. The number of nitrogens with zero attached hydrogens (tertiary/aromatic N) is 2. The molecule has 0 spiro atoms. The predicted molar refractivity (Wildman–Crippen MR) is 179 cm³/mol. The van der Waals surface area contributed by atoms with Gasteiger partial charge in [-0.25, -0.2) is 0 Å². The molecule has 0 saturated heterocycles. The van der Waals surface area contributed by atoms with Crippen LogP contribution in [0.15, 0.2) is 53.2 Å². The van der Waals surface area contributed by atoms with Crippen molar-refractivity contribution >= 4 is 5.84 Å². The Hall–Kier alpha value is -3.06. The lowest BCUT2D eigenvalue weighted by atomic mass is 9.88. The number of hydrogen-bond donors (Lipinski definition) is 1. The molecule has 1 aromatic rings. The molecule has 1 aromatic carbocycles. The van der Waals surface area contributed by atoms with Crippen molar-refractivity contribution in [3.8, 4) is 18.9 Å². The largest absolute Gasteiger partial charge is 0.501 e. The molecule has 0 aromatic heterocycles. The van der Waals surface area contributed by atoms with Crippen molar-refractivity contribution in [3.05, 3.63) is 59.4 Å². The minimum Gasteiger partial charge on any atom is -0.501 e. The highest BCUT2D eigenvalue weighted by atomic mass is 16.5. The van der Waals surface area contributed by atoms with E-state index in [0.717, 1.165) is 42.2 Å². The number of unbranched alkanes of at least 4 members (excludes halogenated alkanes) is 3. The zero-order chi connectivity index (χ0) is 32.3. The third-order valence-electron chi connectivity index (χ3n) is 6.83. The van der Waals surface area contributed by atoms with Gasteiger partial charge in [0.25, 0.3) is 0 Å². The second-order valence-electron chi connectivity index (χ2n) is 10.7. The van der Waals surface area contributed by atoms with Gasteiger partial charge in [-0.3, -0.25) is 4.99 Å². The molecular weight excluding hydrogens is 522 g/mol. The van der Waals surface area contributed by atoms with Crippen LogP contribution in [-0.4, -0.2) is 38.9 Å². The van der Waals surface area contributed by atoms with Gasteiger partial charge in [-0.1, -0.05) is 84.6 Å². The minimum atomic E-state index is 0.182. The summed E-state index contributed by atoms with van der Waals surface area (Å²) in [5.41, 5.74) is 8.92. The molecule has 6 nitrogen and oxygen atoms in total. The fourth-order valence-electron chi connectivity index (χ4n) is 4.39. The molecule has 3 unspecified atom stereocenters. The lowest BCUT2D eigenvalue weighted by Crippen LogP contribution is -2.21. The molecule has 6 heteroatoms. The molecule has 236 valence electrons. The maximum Gasteiger partial charge on any atom is 0.101 e. The Kier molecular flexibility index (Phi) is 26.2. The van der Waals surface area contributed by atoms with Crippen LogP contribution in [0.3, 0.4) is 0 Å². The van der Waals surface area contributed by atoms with E-state index < -0.39 is 0 Å². The lowest BCUT2D eigenvalue weighted by molar-refractivity contribution is -0.00667. The number of aliphatic imine (C=N–C) groups is 1. The third kappa shape index (κ3) is 19.1. The molecule has 42 heavy (non-hydrogen) atoms. The Morgan fingerprint density at radius 3 is 2.21 bits per heavy atom. The summed E-state index contributed by atoms with van der Waals surface area (Å²) in [6.07, 6.45) is 17.3. The second kappa shape index (κ2) is 26.8. The van der Waals surface area contributed by atoms with E-state index in [9.17, 15) is 0 Å². The van der Waals surface area contributed by atoms with Gasteiger partial charge in [-0.05, 0) is 56.4 Å². The minimum absolute atomic E-state index is 0.182. The smallest absolute Gasteiger partial charge is 0.101 e. The highest BCUT2D eigenvalue weighted by molar-refractivity contribution is 5.82. The lowest BCUT2D eigenvalue weighted by Gasteiger charge is -2.23. The van der Waals surface area contributed by atoms with E-state index in [2.05, 4.69) is 65.1 Å². The zero-order valence-corrected chi connectivity index (χ0v) is 27.8. The Labute approximate surface area is 258 Å². The van der Waals surface area contributed by atoms with Gasteiger partial charge in [0.1, 0.15) is 5.76 Å². The zero-order valence-electron chi connectivity index (χ0n) is 27.8. The molecule has 0 aliphatic carbocycles. The Bertz CT molecular complexity index is 942. The summed E-state index contributed by atoms with van der Waals surface area (Å²) < 4.78 is 16.7. The molecule has 0 saturated carbocycles. The van der Waals surface area contributed by atoms with Gasteiger partial charge in [0.2, 0.25) is 0 Å². The summed E-state index contributed by atoms with van der Waals surface area (Å²) >= 11 is 0. The van der Waals surface area contributed by atoms with Crippen LogP contribution in [0.25, 0.3) is 0 Å². The summed E-state index contributed by atoms with van der Waals surface area (Å²) in [6.45, 7) is 21.4. The average molecular weight is 582 g/mol. The monoisotopic (exact) mass is 581 g/mol. The number of amidine groups is 1. The van der Waals surface area contributed by atoms with Crippen LogP contribution < -0.4 is 5.73 Å². The van der Waals surface area contributed by atoms with Crippen LogP contribution in [0.1, 0.15) is 98.1 Å². The maximum absolute atomic E-state index is 8.74. The molecule has 2 N–H and O–H groups in total. The van der Waals surface area contributed by atoms with Gasteiger partial charge in [-0.15, -0.1) is 12.8 Å². The van der Waals surface area contributed by atoms with Gasteiger partial charge in [0, 0.05) is 18.4 Å². The van der Waals surface area contributed by atoms with E-state index in [4.69, 9.17) is 25.2 Å². The number of nitriles is 1. The van der Waals surface area contributed by atoms with Crippen molar-refractivity contribution < 1.29 is 14.2 Å². The van der Waals surface area contributed by atoms with Gasteiger partial charge < -0.3 is 19.9 Å². The molecule has 3 atom stereocenters. The number of hydrogen-bond acceptors (Lipinski definition) is 5. The first kappa shape index (κ1) is 41.1. The van der Waals surface area contributed by atoms with Gasteiger partial charge in [-0.2, -0.15) is 5.26 Å². The van der Waals surface area contributed by atoms with Crippen LogP contribution in [-0.2, 0) is 20.8 Å². The summed E-state index contributed by atoms with van der Waals surface area (Å²) in [7, 11) is 1.71. The summed E-state index contributed by atoms with van der Waals surface area (Å²) in [5, 5.41) is 8.74. The Morgan fingerprint density at radius 1 is 1.10 bits per heavy atom. The van der Waals surface area contributed by atoms with Crippen molar-refractivity contribution in [1.82, 2.24) is 0 Å². The van der Waals surface area contributed by atoms with Gasteiger partial charge >= 0.3 is 0 Å². The summed E-state index contributed by atoms with van der Waals surface area (Å²) in [5.74, 6) is 2.75. The fraction of sp³-hybridized carbons (Fsp3) is 0.611. The number of ether oxygens (including phenoxy) is 3. The first-order valence-electron chi connectivity index (χ1n) is 15.4. The molecule has 0 aliphatic heterocycles. The molecule has 0 radical (unpaired) electrons. The van der Waals surface area contributed by atoms with E-state index in [1.165, 1.54) is 25.7 Å². The Morgan fingerprint density at radius 2 is 1.74 bits per heavy atom. The number of terminal acetylenes is 1. The number of nitrogens with two attached hydrogens (primary N) is 1. The maximum atomic E-state index is 8.74. The fourth-order valence-corrected chi connectivity index (χ4v) is 4.39. The number of methoxy groups -OCH3 is 1. The van der Waals surface area contributed by atoms with Crippen LogP contribution in [0.4, 0.5) is 0 Å². The van der Waals surface area contributed by atoms with Crippen molar-refractivity contribution in [3.63, 3.8) is 0 Å². The molecule has 0 bridgehead atoms. The number of allylic oxidation sites excluding steroid dienone is 1. The topological polar surface area (TPSA) is 89.9 Å². The van der Waals surface area contributed by atoms with Crippen molar-refractivity contribution in [2.75, 3.05) is 26.9 Å². The first-order chi connectivity index (χ1) is 20.1. The van der Waals surface area contributed by atoms with Crippen molar-refractivity contribution in [1.29, 1.82) is 5.26 Å². The molecule has 1 rings (SSSR count). The van der Waals surface area contributed by atoms with E-state index in [1.807, 2.05) is 44.2 Å². The van der Waals surface area contributed by atoms with E-state index in [-0.39, 0.29) is 12.0 Å². The van der Waals surface area contributed by atoms with E-state index in [1.54, 1.807) is 7.11 Å². The highest BCUT2D eigenvalue weighted by Gasteiger charge is 2.19. The van der Waals surface area contributed by atoms with E-state index >= 15 is 0 Å². The standard InChI is InChI=1S/C17H25N3.C17H32O3.C2H2/c1-3-4-5-6-7-14(2)17(19)20-13-16-10-8-15(12-18)9-11-16;1-8-15(20-9-2)12-19-11-10-16(18-7)17(13(3)4)14(5)6;1-2/h8-11,14H,3-7,13H2,1-2H3,(H2,19,20);10,14-15,17H,3,8-9,11-12H2,1-2,4-7H3;1-2H/b;16-10-;. The predicted octanol–water partition coefficient (Wildman–Crippen LogP) is 8.47. The second-order valence-corrected chi connectivity index (χ2v) is 10.7. The summed E-state index contributed by atoms with van der Waals surface area (Å²) in [6, 6.07) is 9.60. The third-order valence-corrected chi connectivity index (χ3v) is 6.83. The number of rotatable bonds is 19. The van der Waals surface area contributed by atoms with E-state index in [0.29, 0.717) is 37.2 Å². The molecule has 0 heterocycles.